The molecule has 0 unspecified atom stereocenters. The maximum atomic E-state index is 11.6. The molecule has 88 valence electrons. The molecule has 2 nitrogen and oxygen atoms in total. The molecule has 0 aliphatic heterocycles. The number of hydrogen-bond donors (Lipinski definition) is 0. The van der Waals surface area contributed by atoms with Gasteiger partial charge in [0.1, 0.15) is 0 Å². The quantitative estimate of drug-likeness (QED) is 0.617. The molecule has 0 N–H and O–H groups in total. The van der Waals surface area contributed by atoms with Crippen molar-refractivity contribution in [3.63, 3.8) is 0 Å². The monoisotopic (exact) mass is 320 g/mol. The van der Waals surface area contributed by atoms with E-state index in [4.69, 9.17) is 4.74 Å². The molecule has 16 heavy (non-hydrogen) atoms. The van der Waals surface area contributed by atoms with Crippen molar-refractivity contribution in [3.05, 3.63) is 22.2 Å². The molecular weight excluding hydrogens is 308 g/mol. The van der Waals surface area contributed by atoms with Crippen LogP contribution in [0.3, 0.4) is 0 Å². The van der Waals surface area contributed by atoms with Crippen LogP contribution in [0.1, 0.15) is 17.3 Å². The number of rotatable bonds is 4. The summed E-state index contributed by atoms with van der Waals surface area (Å²) < 4.78 is 5.92. The average molecular weight is 321 g/mol. The Morgan fingerprint density at radius 2 is 2.06 bits per heavy atom. The van der Waals surface area contributed by atoms with Crippen LogP contribution in [-0.4, -0.2) is 25.1 Å². The first-order chi connectivity index (χ1) is 7.63. The van der Waals surface area contributed by atoms with Crippen LogP contribution in [0, 0.1) is 0 Å². The van der Waals surface area contributed by atoms with Crippen molar-refractivity contribution >= 4 is 45.4 Å². The first kappa shape index (κ1) is 13.9. The van der Waals surface area contributed by atoms with Gasteiger partial charge in [-0.25, -0.2) is 4.79 Å². The van der Waals surface area contributed by atoms with Crippen molar-refractivity contribution in [1.29, 1.82) is 0 Å². The van der Waals surface area contributed by atoms with Crippen LogP contribution in [0.2, 0.25) is 0 Å². The molecule has 0 spiro atoms. The third-order valence-corrected chi connectivity index (χ3v) is 4.57. The number of thioether (sulfide) groups is 2. The second-order valence-electron chi connectivity index (χ2n) is 2.91. The molecule has 1 rings (SSSR count). The Bertz CT molecular complexity index is 394. The molecule has 0 saturated heterocycles. The van der Waals surface area contributed by atoms with Gasteiger partial charge in [0.2, 0.25) is 0 Å². The maximum absolute atomic E-state index is 11.6. The van der Waals surface area contributed by atoms with E-state index < -0.39 is 0 Å². The molecule has 0 aromatic heterocycles. The van der Waals surface area contributed by atoms with Crippen LogP contribution in [0.5, 0.6) is 0 Å². The molecule has 0 radical (unpaired) electrons. The largest absolute Gasteiger partial charge is 0.462 e. The highest BCUT2D eigenvalue weighted by atomic mass is 79.9. The molecule has 0 aliphatic carbocycles. The summed E-state index contributed by atoms with van der Waals surface area (Å²) in [7, 11) is 0. The van der Waals surface area contributed by atoms with Gasteiger partial charge in [0.25, 0.3) is 0 Å². The SMILES string of the molecule is CCOC(=O)c1cc(Br)c(SC)c(SC)c1. The highest BCUT2D eigenvalue weighted by molar-refractivity contribution is 9.10. The zero-order valence-corrected chi connectivity index (χ0v) is 12.6. The molecule has 0 bridgehead atoms. The molecule has 0 heterocycles. The molecule has 0 amide bonds. The van der Waals surface area contributed by atoms with Crippen molar-refractivity contribution in [2.75, 3.05) is 19.1 Å². The fourth-order valence-electron chi connectivity index (χ4n) is 1.25. The standard InChI is InChI=1S/C11H13BrO2S2/c1-4-14-11(13)7-5-8(12)10(16-3)9(6-7)15-2/h5-6H,4H2,1-3H3. The lowest BCUT2D eigenvalue weighted by molar-refractivity contribution is 0.0526. The Morgan fingerprint density at radius 3 is 2.56 bits per heavy atom. The second kappa shape index (κ2) is 6.57. The lowest BCUT2D eigenvalue weighted by atomic mass is 10.2. The first-order valence-electron chi connectivity index (χ1n) is 4.72. The van der Waals surface area contributed by atoms with Gasteiger partial charge >= 0.3 is 5.97 Å². The summed E-state index contributed by atoms with van der Waals surface area (Å²) in [5.41, 5.74) is 0.593. The number of halogens is 1. The van der Waals surface area contributed by atoms with Gasteiger partial charge in [-0.2, -0.15) is 0 Å². The van der Waals surface area contributed by atoms with Gasteiger partial charge in [0, 0.05) is 14.3 Å². The molecule has 1 aromatic rings. The average Bonchev–Trinajstić information content (AvgIpc) is 2.28. The van der Waals surface area contributed by atoms with E-state index in [1.807, 2.05) is 24.6 Å². The number of ether oxygens (including phenoxy) is 1. The second-order valence-corrected chi connectivity index (χ2v) is 5.43. The van der Waals surface area contributed by atoms with Gasteiger partial charge in [0.05, 0.1) is 12.2 Å². The molecule has 0 aliphatic rings. The van der Waals surface area contributed by atoms with Crippen molar-refractivity contribution in [2.45, 2.75) is 16.7 Å². The Kier molecular flexibility index (Phi) is 5.72. The number of carbonyl (C=O) groups excluding carboxylic acids is 1. The smallest absolute Gasteiger partial charge is 0.338 e. The minimum absolute atomic E-state index is 0.272. The van der Waals surface area contributed by atoms with Gasteiger partial charge in [0.15, 0.2) is 0 Å². The third-order valence-electron chi connectivity index (χ3n) is 1.94. The molecule has 0 atom stereocenters. The lowest BCUT2D eigenvalue weighted by Crippen LogP contribution is -2.05. The van der Waals surface area contributed by atoms with Crippen LogP contribution in [0.25, 0.3) is 0 Å². The van der Waals surface area contributed by atoms with E-state index in [2.05, 4.69) is 15.9 Å². The van der Waals surface area contributed by atoms with E-state index in [0.29, 0.717) is 12.2 Å². The van der Waals surface area contributed by atoms with Crippen LogP contribution >= 0.6 is 39.5 Å². The van der Waals surface area contributed by atoms with E-state index in [0.717, 1.165) is 14.3 Å². The Balaban J connectivity index is 3.15. The predicted octanol–water partition coefficient (Wildman–Crippen LogP) is 4.07. The molecular formula is C11H13BrO2S2. The fourth-order valence-corrected chi connectivity index (χ4v) is 3.88. The van der Waals surface area contributed by atoms with Gasteiger partial charge in [-0.05, 0) is 47.5 Å². The normalized spacial score (nSPS) is 10.2. The number of carbonyl (C=O) groups is 1. The van der Waals surface area contributed by atoms with E-state index in [-0.39, 0.29) is 5.97 Å². The summed E-state index contributed by atoms with van der Waals surface area (Å²) in [6, 6.07) is 3.68. The minimum atomic E-state index is -0.272. The van der Waals surface area contributed by atoms with Crippen LogP contribution < -0.4 is 0 Å². The van der Waals surface area contributed by atoms with Crippen molar-refractivity contribution in [3.8, 4) is 0 Å². The topological polar surface area (TPSA) is 26.3 Å². The molecule has 0 fully saturated rings. The van der Waals surface area contributed by atoms with Crippen molar-refractivity contribution < 1.29 is 9.53 Å². The zero-order valence-electron chi connectivity index (χ0n) is 9.37. The number of benzene rings is 1. The summed E-state index contributed by atoms with van der Waals surface area (Å²) in [6.45, 7) is 2.20. The summed E-state index contributed by atoms with van der Waals surface area (Å²) in [5.74, 6) is -0.272. The van der Waals surface area contributed by atoms with Gasteiger partial charge < -0.3 is 4.74 Å². The van der Waals surface area contributed by atoms with Crippen LogP contribution in [-0.2, 0) is 4.74 Å². The molecule has 5 heteroatoms. The van der Waals surface area contributed by atoms with Crippen molar-refractivity contribution in [2.24, 2.45) is 0 Å². The first-order valence-corrected chi connectivity index (χ1v) is 7.96. The van der Waals surface area contributed by atoms with Crippen LogP contribution in [0.15, 0.2) is 26.4 Å². The molecule has 0 saturated carbocycles. The lowest BCUT2D eigenvalue weighted by Gasteiger charge is -2.10. The summed E-state index contributed by atoms with van der Waals surface area (Å²) in [4.78, 5) is 13.8. The Labute approximate surface area is 113 Å². The van der Waals surface area contributed by atoms with E-state index in [1.165, 1.54) is 0 Å². The molecule has 1 aromatic carbocycles. The van der Waals surface area contributed by atoms with E-state index in [9.17, 15) is 4.79 Å². The predicted molar refractivity (Wildman–Crippen MR) is 73.7 cm³/mol. The maximum Gasteiger partial charge on any atom is 0.338 e. The Hall–Kier alpha value is -0.130. The fraction of sp³-hybridized carbons (Fsp3) is 0.364. The van der Waals surface area contributed by atoms with Gasteiger partial charge in [-0.3, -0.25) is 0 Å². The third kappa shape index (κ3) is 3.18. The zero-order chi connectivity index (χ0) is 12.1. The van der Waals surface area contributed by atoms with Crippen LogP contribution in [0.4, 0.5) is 0 Å². The number of esters is 1. The summed E-state index contributed by atoms with van der Waals surface area (Å²) in [6.07, 6.45) is 4.01. The number of hydrogen-bond acceptors (Lipinski definition) is 4. The van der Waals surface area contributed by atoms with E-state index in [1.54, 1.807) is 30.4 Å². The Morgan fingerprint density at radius 1 is 1.38 bits per heavy atom. The van der Waals surface area contributed by atoms with Crippen molar-refractivity contribution in [1.82, 2.24) is 0 Å². The van der Waals surface area contributed by atoms with Gasteiger partial charge in [-0.1, -0.05) is 0 Å². The highest BCUT2D eigenvalue weighted by Gasteiger charge is 2.13. The summed E-state index contributed by atoms with van der Waals surface area (Å²) >= 11 is 6.76. The van der Waals surface area contributed by atoms with E-state index >= 15 is 0 Å². The minimum Gasteiger partial charge on any atom is -0.462 e. The van der Waals surface area contributed by atoms with Gasteiger partial charge in [-0.15, -0.1) is 23.5 Å². The highest BCUT2D eigenvalue weighted by Crippen LogP contribution is 2.35. The summed E-state index contributed by atoms with van der Waals surface area (Å²) in [5, 5.41) is 0.